The summed E-state index contributed by atoms with van der Waals surface area (Å²) >= 11 is 0. The van der Waals surface area contributed by atoms with Crippen molar-refractivity contribution < 1.29 is 15.0 Å². The first kappa shape index (κ1) is 20.7. The summed E-state index contributed by atoms with van der Waals surface area (Å²) in [6.45, 7) is 0. The quantitative estimate of drug-likeness (QED) is 0.283. The summed E-state index contributed by atoms with van der Waals surface area (Å²) in [5, 5.41) is 39.8. The Bertz CT molecular complexity index is 1420. The highest BCUT2D eigenvalue weighted by atomic mass is 16.3. The number of hydrogen-bond donors (Lipinski definition) is 4. The molecule has 4 aromatic heterocycles. The largest absolute Gasteiger partial charge is 0.389 e. The Kier molecular flexibility index (Phi) is 4.28. The van der Waals surface area contributed by atoms with Crippen molar-refractivity contribution in [2.75, 3.05) is 19.4 Å². The zero-order chi connectivity index (χ0) is 23.8. The predicted octanol–water partition coefficient (Wildman–Crippen LogP) is -1.12. The average Bonchev–Trinajstić information content (AvgIpc) is 3.26. The number of fused-ring (bicyclic) bond motifs is 2. The molecule has 0 aromatic carbocycles. The van der Waals surface area contributed by atoms with Crippen LogP contribution in [0.4, 0.5) is 5.82 Å². The van der Waals surface area contributed by atoms with E-state index in [0.717, 1.165) is 5.56 Å². The Morgan fingerprint density at radius 3 is 2.76 bits per heavy atom. The van der Waals surface area contributed by atoms with Crippen LogP contribution in [0.5, 0.6) is 0 Å². The third-order valence-corrected chi connectivity index (χ3v) is 6.99. The van der Waals surface area contributed by atoms with Crippen LogP contribution in [0.3, 0.4) is 0 Å². The molecule has 4 aromatic rings. The molecule has 4 heterocycles. The minimum Gasteiger partial charge on any atom is -0.389 e. The molecule has 0 saturated heterocycles. The van der Waals surface area contributed by atoms with Gasteiger partial charge in [-0.3, -0.25) is 9.48 Å². The standard InChI is InChI=1S/C20H23N11O3/c1-21-16-12-17(26-19(25-16)31-7-11(27-28-31)9-5-24-29(3)6-9)30(8-23-12)13-10-4-20(10,18(34)22-2)15(33)14(13)32/h5-8,10,13-15,32-33H,4H2,1-3H3,(H,22,34)(H,21,25,26)/t10?,13-,14+,15?,20-/m1/s1. The molecule has 0 aliphatic heterocycles. The molecule has 14 heteroatoms. The number of rotatable bonds is 5. The molecule has 2 aliphatic rings. The van der Waals surface area contributed by atoms with Crippen LogP contribution in [-0.2, 0) is 11.8 Å². The molecule has 2 unspecified atom stereocenters. The van der Waals surface area contributed by atoms with Crippen molar-refractivity contribution in [2.45, 2.75) is 24.7 Å². The number of carbonyl (C=O) groups excluding carboxylic acids is 1. The van der Waals surface area contributed by atoms with Gasteiger partial charge in [-0.05, 0) is 6.42 Å². The lowest BCUT2D eigenvalue weighted by Crippen LogP contribution is -2.41. The van der Waals surface area contributed by atoms with E-state index >= 15 is 0 Å². The fraction of sp³-hybridized carbons (Fsp3) is 0.450. The van der Waals surface area contributed by atoms with Gasteiger partial charge in [0.05, 0.1) is 36.3 Å². The molecule has 0 bridgehead atoms. The molecule has 176 valence electrons. The normalized spacial score (nSPS) is 27.7. The molecule has 14 nitrogen and oxygen atoms in total. The molecule has 4 N–H and O–H groups in total. The van der Waals surface area contributed by atoms with Crippen molar-refractivity contribution in [3.63, 3.8) is 0 Å². The van der Waals surface area contributed by atoms with Crippen LogP contribution >= 0.6 is 0 Å². The van der Waals surface area contributed by atoms with E-state index in [0.29, 0.717) is 29.1 Å². The molecule has 2 saturated carbocycles. The van der Waals surface area contributed by atoms with Gasteiger partial charge in [0.2, 0.25) is 5.91 Å². The number of imidazole rings is 1. The lowest BCUT2D eigenvalue weighted by Gasteiger charge is -2.23. The van der Waals surface area contributed by atoms with Crippen LogP contribution in [0.25, 0.3) is 28.4 Å². The minimum atomic E-state index is -1.18. The van der Waals surface area contributed by atoms with E-state index in [-0.39, 0.29) is 17.8 Å². The summed E-state index contributed by atoms with van der Waals surface area (Å²) in [7, 11) is 5.07. The summed E-state index contributed by atoms with van der Waals surface area (Å²) < 4.78 is 4.84. The minimum absolute atomic E-state index is 0.241. The van der Waals surface area contributed by atoms with Gasteiger partial charge < -0.3 is 25.4 Å². The lowest BCUT2D eigenvalue weighted by atomic mass is 9.98. The van der Waals surface area contributed by atoms with Crippen LogP contribution in [0, 0.1) is 11.3 Å². The first-order valence-electron chi connectivity index (χ1n) is 10.8. The van der Waals surface area contributed by atoms with Gasteiger partial charge in [-0.15, -0.1) is 5.10 Å². The zero-order valence-corrected chi connectivity index (χ0v) is 18.7. The molecule has 0 spiro atoms. The SMILES string of the molecule is CNC(=O)[C@]12CC1[C@@H](n1cnc3c(NC)nc(-n4cc(-c5cnn(C)c5)nn4)nc31)[C@H](O)C2O. The Hall–Kier alpha value is -3.91. The number of carbonyl (C=O) groups is 1. The first-order chi connectivity index (χ1) is 16.4. The Balaban J connectivity index is 1.43. The Morgan fingerprint density at radius 1 is 1.24 bits per heavy atom. The summed E-state index contributed by atoms with van der Waals surface area (Å²) in [5.74, 6) is 0.212. The number of aliphatic hydroxyl groups excluding tert-OH is 2. The van der Waals surface area contributed by atoms with E-state index in [2.05, 4.69) is 41.0 Å². The number of nitrogens with zero attached hydrogens (tertiary/aromatic N) is 9. The number of amides is 1. The molecule has 0 radical (unpaired) electrons. The van der Waals surface area contributed by atoms with Gasteiger partial charge in [0.25, 0.3) is 5.95 Å². The van der Waals surface area contributed by atoms with Crippen LogP contribution < -0.4 is 10.6 Å². The number of aromatic nitrogens is 9. The van der Waals surface area contributed by atoms with Gasteiger partial charge in [0, 0.05) is 38.8 Å². The molecule has 6 rings (SSSR count). The fourth-order valence-corrected chi connectivity index (χ4v) is 5.23. The summed E-state index contributed by atoms with van der Waals surface area (Å²) in [6.07, 6.45) is 4.93. The fourth-order valence-electron chi connectivity index (χ4n) is 5.23. The number of hydrogen-bond acceptors (Lipinski definition) is 10. The van der Waals surface area contributed by atoms with E-state index in [4.69, 9.17) is 0 Å². The van der Waals surface area contributed by atoms with Gasteiger partial charge >= 0.3 is 0 Å². The monoisotopic (exact) mass is 465 g/mol. The van der Waals surface area contributed by atoms with Crippen molar-refractivity contribution in [2.24, 2.45) is 18.4 Å². The summed E-state index contributed by atoms with van der Waals surface area (Å²) in [5.41, 5.74) is 1.36. The zero-order valence-electron chi connectivity index (χ0n) is 18.7. The molecule has 34 heavy (non-hydrogen) atoms. The van der Waals surface area contributed by atoms with Crippen molar-refractivity contribution in [1.82, 2.24) is 49.6 Å². The number of aliphatic hydroxyl groups is 2. The van der Waals surface area contributed by atoms with Crippen LogP contribution in [0.2, 0.25) is 0 Å². The first-order valence-corrected chi connectivity index (χ1v) is 10.8. The van der Waals surface area contributed by atoms with E-state index < -0.39 is 23.7 Å². The van der Waals surface area contributed by atoms with E-state index in [1.165, 1.54) is 11.7 Å². The Morgan fingerprint density at radius 2 is 2.06 bits per heavy atom. The molecule has 2 fully saturated rings. The third kappa shape index (κ3) is 2.66. The second-order valence-corrected chi connectivity index (χ2v) is 8.75. The van der Waals surface area contributed by atoms with Gasteiger partial charge in [0.15, 0.2) is 17.0 Å². The molecule has 2 aliphatic carbocycles. The number of aryl methyl sites for hydroxylation is 1. The van der Waals surface area contributed by atoms with Crippen molar-refractivity contribution in [1.29, 1.82) is 0 Å². The lowest BCUT2D eigenvalue weighted by molar-refractivity contribution is -0.132. The number of anilines is 1. The molecular formula is C20H23N11O3. The highest BCUT2D eigenvalue weighted by molar-refractivity contribution is 5.88. The Labute approximate surface area is 192 Å². The van der Waals surface area contributed by atoms with E-state index in [1.54, 1.807) is 35.0 Å². The second-order valence-electron chi connectivity index (χ2n) is 8.75. The van der Waals surface area contributed by atoms with Crippen molar-refractivity contribution in [3.05, 3.63) is 24.9 Å². The maximum absolute atomic E-state index is 12.5. The van der Waals surface area contributed by atoms with Crippen LogP contribution in [-0.4, -0.2) is 86.7 Å². The smallest absolute Gasteiger partial charge is 0.256 e. The van der Waals surface area contributed by atoms with Gasteiger partial charge in [-0.2, -0.15) is 19.7 Å². The van der Waals surface area contributed by atoms with Crippen molar-refractivity contribution in [3.8, 4) is 17.2 Å². The van der Waals surface area contributed by atoms with Gasteiger partial charge in [-0.1, -0.05) is 5.21 Å². The topological polar surface area (TPSA) is 174 Å². The van der Waals surface area contributed by atoms with Gasteiger partial charge in [-0.25, -0.2) is 4.98 Å². The summed E-state index contributed by atoms with van der Waals surface area (Å²) in [6, 6.07) is -0.563. The number of nitrogens with one attached hydrogen (secondary N) is 2. The van der Waals surface area contributed by atoms with Crippen LogP contribution in [0.1, 0.15) is 12.5 Å². The highest BCUT2D eigenvalue weighted by Gasteiger charge is 2.75. The average molecular weight is 465 g/mol. The third-order valence-electron chi connectivity index (χ3n) is 6.99. The maximum Gasteiger partial charge on any atom is 0.256 e. The summed E-state index contributed by atoms with van der Waals surface area (Å²) in [4.78, 5) is 26.1. The van der Waals surface area contributed by atoms with E-state index in [1.807, 2.05) is 13.2 Å². The van der Waals surface area contributed by atoms with Crippen LogP contribution in [0.15, 0.2) is 24.9 Å². The molecular weight excluding hydrogens is 442 g/mol. The molecule has 1 amide bonds. The van der Waals surface area contributed by atoms with Gasteiger partial charge in [0.1, 0.15) is 11.8 Å². The highest BCUT2D eigenvalue weighted by Crippen LogP contribution is 2.67. The second kappa shape index (κ2) is 7.04. The maximum atomic E-state index is 12.5. The van der Waals surface area contributed by atoms with E-state index in [9.17, 15) is 15.0 Å². The van der Waals surface area contributed by atoms with Crippen molar-refractivity contribution >= 4 is 22.9 Å². The predicted molar refractivity (Wildman–Crippen MR) is 118 cm³/mol. The molecule has 5 atom stereocenters.